The van der Waals surface area contributed by atoms with E-state index in [2.05, 4.69) is 22.1 Å². The van der Waals surface area contributed by atoms with Crippen LogP contribution in [0.3, 0.4) is 0 Å². The number of ether oxygens (including phenoxy) is 1. The van der Waals surface area contributed by atoms with Crippen molar-refractivity contribution in [2.24, 2.45) is 5.92 Å². The van der Waals surface area contributed by atoms with Gasteiger partial charge < -0.3 is 9.64 Å². The Balaban J connectivity index is 1.57. The van der Waals surface area contributed by atoms with Crippen molar-refractivity contribution in [3.8, 4) is 5.88 Å². The largest absolute Gasteiger partial charge is 0.471 e. The molecule has 1 aromatic rings. The molecule has 0 saturated carbocycles. The number of aromatic nitrogens is 2. The summed E-state index contributed by atoms with van der Waals surface area (Å²) in [6.45, 7) is 1.51. The van der Waals surface area contributed by atoms with Gasteiger partial charge in [-0.15, -0.1) is 0 Å². The van der Waals surface area contributed by atoms with Crippen LogP contribution in [0.5, 0.6) is 5.88 Å². The van der Waals surface area contributed by atoms with Gasteiger partial charge in [0.05, 0.1) is 12.7 Å². The van der Waals surface area contributed by atoms with Crippen molar-refractivity contribution in [3.63, 3.8) is 0 Å². The van der Waals surface area contributed by atoms with Gasteiger partial charge in [0.25, 0.3) is 0 Å². The van der Waals surface area contributed by atoms with Gasteiger partial charge in [-0.25, -0.2) is 4.98 Å². The first-order chi connectivity index (χ1) is 10.3. The fraction of sp³-hybridized carbons (Fsp3) is 0.562. The maximum absolute atomic E-state index is 12.6. The number of carbonyl (C=O) groups is 1. The summed E-state index contributed by atoms with van der Waals surface area (Å²) in [6, 6.07) is 0. The van der Waals surface area contributed by atoms with Crippen LogP contribution in [0.4, 0.5) is 0 Å². The van der Waals surface area contributed by atoms with Gasteiger partial charge in [-0.1, -0.05) is 12.2 Å². The van der Waals surface area contributed by atoms with Crippen LogP contribution >= 0.6 is 0 Å². The molecule has 0 radical (unpaired) electrons. The van der Waals surface area contributed by atoms with Crippen LogP contribution in [0, 0.1) is 5.92 Å². The van der Waals surface area contributed by atoms with E-state index in [1.165, 1.54) is 0 Å². The SMILES string of the molecule is O=C([C@H]1CC=CCC1)N1CCC[C@H](Oc2cnccn2)C1. The first-order valence-corrected chi connectivity index (χ1v) is 7.69. The Labute approximate surface area is 125 Å². The van der Waals surface area contributed by atoms with E-state index in [9.17, 15) is 4.79 Å². The van der Waals surface area contributed by atoms with Crippen molar-refractivity contribution in [2.75, 3.05) is 13.1 Å². The smallest absolute Gasteiger partial charge is 0.232 e. The molecular weight excluding hydrogens is 266 g/mol. The molecule has 0 unspecified atom stereocenters. The number of hydrogen-bond donors (Lipinski definition) is 0. The summed E-state index contributed by atoms with van der Waals surface area (Å²) in [7, 11) is 0. The summed E-state index contributed by atoms with van der Waals surface area (Å²) >= 11 is 0. The summed E-state index contributed by atoms with van der Waals surface area (Å²) < 4.78 is 5.84. The Morgan fingerprint density at radius 3 is 3.00 bits per heavy atom. The normalized spacial score (nSPS) is 25.6. The third kappa shape index (κ3) is 3.60. The van der Waals surface area contributed by atoms with Gasteiger partial charge in [0.1, 0.15) is 6.10 Å². The highest BCUT2D eigenvalue weighted by molar-refractivity contribution is 5.79. The van der Waals surface area contributed by atoms with E-state index in [1.54, 1.807) is 18.6 Å². The Kier molecular flexibility index (Phi) is 4.48. The van der Waals surface area contributed by atoms with Gasteiger partial charge in [-0.2, -0.15) is 0 Å². The van der Waals surface area contributed by atoms with Crippen molar-refractivity contribution < 1.29 is 9.53 Å². The fourth-order valence-corrected chi connectivity index (χ4v) is 3.03. The summed E-state index contributed by atoms with van der Waals surface area (Å²) in [4.78, 5) is 22.7. The standard InChI is InChI=1S/C16H21N3O2/c20-16(13-5-2-1-3-6-13)19-10-4-7-14(12-19)21-15-11-17-8-9-18-15/h1-2,8-9,11,13-14H,3-7,10,12H2/t13-,14-/m0/s1. The van der Waals surface area contributed by atoms with Crippen LogP contribution in [0.25, 0.3) is 0 Å². The van der Waals surface area contributed by atoms with Gasteiger partial charge in [0.2, 0.25) is 11.8 Å². The number of hydrogen-bond acceptors (Lipinski definition) is 4. The van der Waals surface area contributed by atoms with E-state index < -0.39 is 0 Å². The highest BCUT2D eigenvalue weighted by Crippen LogP contribution is 2.23. The molecule has 0 spiro atoms. The molecule has 2 atom stereocenters. The number of amides is 1. The number of piperidine rings is 1. The topological polar surface area (TPSA) is 55.3 Å². The second kappa shape index (κ2) is 6.70. The lowest BCUT2D eigenvalue weighted by Crippen LogP contribution is -2.46. The van der Waals surface area contributed by atoms with Crippen LogP contribution in [-0.2, 0) is 4.79 Å². The molecule has 1 aliphatic heterocycles. The Morgan fingerprint density at radius 2 is 2.24 bits per heavy atom. The van der Waals surface area contributed by atoms with E-state index in [4.69, 9.17) is 4.74 Å². The maximum atomic E-state index is 12.6. The molecule has 112 valence electrons. The molecule has 0 N–H and O–H groups in total. The lowest BCUT2D eigenvalue weighted by atomic mass is 9.92. The first-order valence-electron chi connectivity index (χ1n) is 7.69. The van der Waals surface area contributed by atoms with E-state index in [1.807, 2.05) is 4.90 Å². The van der Waals surface area contributed by atoms with Gasteiger partial charge in [0, 0.05) is 24.9 Å². The second-order valence-corrected chi connectivity index (χ2v) is 5.69. The van der Waals surface area contributed by atoms with Gasteiger partial charge in [-0.3, -0.25) is 9.78 Å². The summed E-state index contributed by atoms with van der Waals surface area (Å²) in [6.07, 6.45) is 14.0. The quantitative estimate of drug-likeness (QED) is 0.800. The highest BCUT2D eigenvalue weighted by atomic mass is 16.5. The van der Waals surface area contributed by atoms with E-state index >= 15 is 0 Å². The molecule has 2 heterocycles. The first kappa shape index (κ1) is 14.0. The third-order valence-electron chi connectivity index (χ3n) is 4.14. The summed E-state index contributed by atoms with van der Waals surface area (Å²) in [5.41, 5.74) is 0. The molecule has 5 heteroatoms. The monoisotopic (exact) mass is 287 g/mol. The number of rotatable bonds is 3. The van der Waals surface area contributed by atoms with E-state index in [0.29, 0.717) is 12.4 Å². The van der Waals surface area contributed by atoms with Gasteiger partial charge in [-0.05, 0) is 32.1 Å². The van der Waals surface area contributed by atoms with Crippen molar-refractivity contribution in [1.29, 1.82) is 0 Å². The van der Waals surface area contributed by atoms with E-state index in [-0.39, 0.29) is 17.9 Å². The third-order valence-corrected chi connectivity index (χ3v) is 4.14. The molecule has 0 aromatic carbocycles. The maximum Gasteiger partial charge on any atom is 0.232 e. The average molecular weight is 287 g/mol. The number of allylic oxidation sites excluding steroid dienone is 2. The highest BCUT2D eigenvalue weighted by Gasteiger charge is 2.29. The van der Waals surface area contributed by atoms with Crippen LogP contribution in [-0.4, -0.2) is 40.0 Å². The summed E-state index contributed by atoms with van der Waals surface area (Å²) in [5, 5.41) is 0. The van der Waals surface area contributed by atoms with Crippen LogP contribution < -0.4 is 4.74 Å². The molecule has 21 heavy (non-hydrogen) atoms. The lowest BCUT2D eigenvalue weighted by Gasteiger charge is -2.35. The van der Waals surface area contributed by atoms with Crippen LogP contribution in [0.2, 0.25) is 0 Å². The minimum atomic E-state index is 0.0264. The zero-order valence-corrected chi connectivity index (χ0v) is 12.1. The molecule has 3 rings (SSSR count). The molecule has 1 saturated heterocycles. The average Bonchev–Trinajstić information content (AvgIpc) is 2.56. The Hall–Kier alpha value is -1.91. The van der Waals surface area contributed by atoms with Crippen LogP contribution in [0.15, 0.2) is 30.7 Å². The molecule has 1 aromatic heterocycles. The molecule has 1 fully saturated rings. The van der Waals surface area contributed by atoms with Crippen molar-refractivity contribution in [2.45, 2.75) is 38.2 Å². The zero-order valence-electron chi connectivity index (χ0n) is 12.1. The zero-order chi connectivity index (χ0) is 14.5. The fourth-order valence-electron chi connectivity index (χ4n) is 3.03. The predicted molar refractivity (Wildman–Crippen MR) is 78.7 cm³/mol. The van der Waals surface area contributed by atoms with Gasteiger partial charge >= 0.3 is 0 Å². The molecular formula is C16H21N3O2. The Bertz CT molecular complexity index is 504. The number of nitrogens with zero attached hydrogens (tertiary/aromatic N) is 3. The van der Waals surface area contributed by atoms with Crippen molar-refractivity contribution in [3.05, 3.63) is 30.7 Å². The summed E-state index contributed by atoms with van der Waals surface area (Å²) in [5.74, 6) is 0.981. The minimum Gasteiger partial charge on any atom is -0.471 e. The van der Waals surface area contributed by atoms with Crippen molar-refractivity contribution in [1.82, 2.24) is 14.9 Å². The van der Waals surface area contributed by atoms with E-state index in [0.717, 1.165) is 38.6 Å². The number of likely N-dealkylation sites (tertiary alicyclic amines) is 1. The van der Waals surface area contributed by atoms with Gasteiger partial charge in [0.15, 0.2) is 0 Å². The molecule has 0 bridgehead atoms. The molecule has 2 aliphatic rings. The molecule has 1 amide bonds. The second-order valence-electron chi connectivity index (χ2n) is 5.69. The van der Waals surface area contributed by atoms with Crippen LogP contribution in [0.1, 0.15) is 32.1 Å². The number of carbonyl (C=O) groups excluding carboxylic acids is 1. The molecule has 1 aliphatic carbocycles. The molecule has 5 nitrogen and oxygen atoms in total. The lowest BCUT2D eigenvalue weighted by molar-refractivity contribution is -0.138. The van der Waals surface area contributed by atoms with Crippen molar-refractivity contribution >= 4 is 5.91 Å². The Morgan fingerprint density at radius 1 is 1.29 bits per heavy atom. The predicted octanol–water partition coefficient (Wildman–Crippen LogP) is 2.20. The minimum absolute atomic E-state index is 0.0264.